The molecule has 1 aromatic carbocycles. The van der Waals surface area contributed by atoms with Gasteiger partial charge in [-0.05, 0) is 49.5 Å². The number of aliphatic hydroxyl groups excluding tert-OH is 1. The van der Waals surface area contributed by atoms with E-state index in [9.17, 15) is 19.1 Å². The lowest BCUT2D eigenvalue weighted by Gasteiger charge is -2.27. The molecular formula is C22H24FN3O3. The molecule has 6 nitrogen and oxygen atoms in total. The first kappa shape index (κ1) is 20.7. The highest BCUT2D eigenvalue weighted by Gasteiger charge is 2.46. The largest absolute Gasteiger partial charge is 0.507 e. The number of likely N-dealkylation sites (N-methyl/N-ethyl adjacent to an activating group) is 1. The Hall–Kier alpha value is -3.06. The van der Waals surface area contributed by atoms with Crippen molar-refractivity contribution in [1.82, 2.24) is 14.8 Å². The molecule has 1 fully saturated rings. The number of carbonyl (C=O) groups is 2. The highest BCUT2D eigenvalue weighted by Crippen LogP contribution is 2.38. The number of hydrogen-bond acceptors (Lipinski definition) is 5. The van der Waals surface area contributed by atoms with E-state index in [4.69, 9.17) is 0 Å². The van der Waals surface area contributed by atoms with Crippen LogP contribution >= 0.6 is 0 Å². The van der Waals surface area contributed by atoms with Gasteiger partial charge in [-0.25, -0.2) is 4.39 Å². The first-order valence-electron chi connectivity index (χ1n) is 9.65. The molecule has 2 heterocycles. The van der Waals surface area contributed by atoms with E-state index in [1.807, 2.05) is 13.8 Å². The van der Waals surface area contributed by atoms with Gasteiger partial charge in [0.2, 0.25) is 0 Å². The average Bonchev–Trinajstić information content (AvgIpc) is 3.00. The summed E-state index contributed by atoms with van der Waals surface area (Å²) in [7, 11) is 0. The summed E-state index contributed by atoms with van der Waals surface area (Å²) >= 11 is 0. The second-order valence-corrected chi connectivity index (χ2v) is 6.78. The molecule has 0 radical (unpaired) electrons. The minimum Gasteiger partial charge on any atom is -0.507 e. The molecule has 1 aliphatic heterocycles. The number of ketones is 1. The number of benzene rings is 1. The van der Waals surface area contributed by atoms with Crippen LogP contribution in [0.2, 0.25) is 0 Å². The van der Waals surface area contributed by atoms with Gasteiger partial charge in [-0.2, -0.15) is 0 Å². The van der Waals surface area contributed by atoms with Crippen molar-refractivity contribution in [2.75, 3.05) is 26.2 Å². The number of likely N-dealkylation sites (tertiary alicyclic amines) is 1. The van der Waals surface area contributed by atoms with E-state index in [-0.39, 0.29) is 16.9 Å². The van der Waals surface area contributed by atoms with E-state index >= 15 is 0 Å². The second kappa shape index (κ2) is 8.96. The number of rotatable bonds is 7. The predicted octanol–water partition coefficient (Wildman–Crippen LogP) is 2.98. The first-order chi connectivity index (χ1) is 14.0. The fourth-order valence-corrected chi connectivity index (χ4v) is 3.51. The smallest absolute Gasteiger partial charge is 0.295 e. The van der Waals surface area contributed by atoms with Crippen molar-refractivity contribution in [3.8, 4) is 0 Å². The number of aromatic nitrogens is 1. The van der Waals surface area contributed by atoms with Crippen LogP contribution in [0.1, 0.15) is 31.1 Å². The van der Waals surface area contributed by atoms with Crippen molar-refractivity contribution in [1.29, 1.82) is 0 Å². The summed E-state index contributed by atoms with van der Waals surface area (Å²) < 4.78 is 13.3. The first-order valence-corrected chi connectivity index (χ1v) is 9.65. The maximum atomic E-state index is 13.3. The summed E-state index contributed by atoms with van der Waals surface area (Å²) in [5.41, 5.74) is 0.740. The number of nitrogens with zero attached hydrogens (tertiary/aromatic N) is 3. The molecule has 0 aliphatic carbocycles. The van der Waals surface area contributed by atoms with Gasteiger partial charge in [-0.1, -0.05) is 19.9 Å². The molecule has 29 heavy (non-hydrogen) atoms. The van der Waals surface area contributed by atoms with Gasteiger partial charge < -0.3 is 14.9 Å². The predicted molar refractivity (Wildman–Crippen MR) is 107 cm³/mol. The number of hydrogen-bond donors (Lipinski definition) is 1. The van der Waals surface area contributed by atoms with Crippen LogP contribution in [0.3, 0.4) is 0 Å². The molecule has 152 valence electrons. The number of pyridine rings is 1. The number of amides is 1. The zero-order valence-corrected chi connectivity index (χ0v) is 16.5. The third-order valence-corrected chi connectivity index (χ3v) is 5.18. The van der Waals surface area contributed by atoms with Crippen molar-refractivity contribution in [2.24, 2.45) is 0 Å². The molecule has 1 atom stereocenters. The second-order valence-electron chi connectivity index (χ2n) is 6.78. The highest BCUT2D eigenvalue weighted by atomic mass is 19.1. The van der Waals surface area contributed by atoms with Crippen LogP contribution in [0, 0.1) is 5.82 Å². The zero-order chi connectivity index (χ0) is 21.0. The normalized spacial score (nSPS) is 18.6. The average molecular weight is 397 g/mol. The summed E-state index contributed by atoms with van der Waals surface area (Å²) in [5, 5.41) is 10.8. The van der Waals surface area contributed by atoms with Crippen LogP contribution in [0.25, 0.3) is 5.76 Å². The van der Waals surface area contributed by atoms with Crippen molar-refractivity contribution in [3.05, 3.63) is 71.3 Å². The summed E-state index contributed by atoms with van der Waals surface area (Å²) in [6.07, 6.45) is 1.58. The van der Waals surface area contributed by atoms with Crippen molar-refractivity contribution in [2.45, 2.75) is 19.9 Å². The number of halogens is 1. The van der Waals surface area contributed by atoms with Gasteiger partial charge in [-0.15, -0.1) is 0 Å². The Morgan fingerprint density at radius 1 is 1.14 bits per heavy atom. The standard InChI is InChI=1S/C22H24FN3O3/c1-3-25(4-2)13-14-26-19(17-7-5-6-12-24-17)18(21(28)22(26)29)20(27)15-8-10-16(23)11-9-15/h5-12,19,27H,3-4,13-14H2,1-2H3/b20-18+/t19-/m0/s1. The molecule has 1 aliphatic rings. The van der Waals surface area contributed by atoms with Gasteiger partial charge in [-0.3, -0.25) is 14.6 Å². The molecule has 3 rings (SSSR count). The van der Waals surface area contributed by atoms with E-state index in [1.165, 1.54) is 29.2 Å². The number of carbonyl (C=O) groups excluding carboxylic acids is 2. The third kappa shape index (κ3) is 4.19. The Balaban J connectivity index is 2.06. The highest BCUT2D eigenvalue weighted by molar-refractivity contribution is 6.46. The maximum Gasteiger partial charge on any atom is 0.295 e. The van der Waals surface area contributed by atoms with E-state index in [1.54, 1.807) is 24.4 Å². The van der Waals surface area contributed by atoms with E-state index in [0.717, 1.165) is 13.1 Å². The molecular weight excluding hydrogens is 373 g/mol. The van der Waals surface area contributed by atoms with Gasteiger partial charge in [0.25, 0.3) is 11.7 Å². The van der Waals surface area contributed by atoms with E-state index < -0.39 is 23.5 Å². The molecule has 1 aromatic heterocycles. The Morgan fingerprint density at radius 2 is 1.83 bits per heavy atom. The van der Waals surface area contributed by atoms with E-state index in [0.29, 0.717) is 18.8 Å². The number of Topliss-reactive ketones (excluding diaryl/α,β-unsaturated/α-hetero) is 1. The minimum atomic E-state index is -0.795. The lowest BCUT2D eigenvalue weighted by atomic mass is 9.98. The lowest BCUT2D eigenvalue weighted by molar-refractivity contribution is -0.140. The van der Waals surface area contributed by atoms with E-state index in [2.05, 4.69) is 9.88 Å². The SMILES string of the molecule is CCN(CC)CCN1C(=O)C(=O)/C(=C(/O)c2ccc(F)cc2)[C@@H]1c1ccccn1. The van der Waals surface area contributed by atoms with Gasteiger partial charge in [0.15, 0.2) is 0 Å². The molecule has 1 N–H and O–H groups in total. The van der Waals surface area contributed by atoms with Crippen LogP contribution in [0.15, 0.2) is 54.2 Å². The van der Waals surface area contributed by atoms with Crippen molar-refractivity contribution < 1.29 is 19.1 Å². The molecule has 1 amide bonds. The third-order valence-electron chi connectivity index (χ3n) is 5.18. The summed E-state index contributed by atoms with van der Waals surface area (Å²) in [6.45, 7) is 6.63. The minimum absolute atomic E-state index is 0.0279. The quantitative estimate of drug-likeness (QED) is 0.442. The maximum absolute atomic E-state index is 13.3. The summed E-state index contributed by atoms with van der Waals surface area (Å²) in [5.74, 6) is -2.22. The fraction of sp³-hybridized carbons (Fsp3) is 0.318. The molecule has 0 saturated carbocycles. The topological polar surface area (TPSA) is 73.7 Å². The molecule has 2 aromatic rings. The number of aliphatic hydroxyl groups is 1. The molecule has 7 heteroatoms. The van der Waals surface area contributed by atoms with Crippen molar-refractivity contribution in [3.63, 3.8) is 0 Å². The van der Waals surface area contributed by atoms with Crippen LogP contribution in [0.4, 0.5) is 4.39 Å². The van der Waals surface area contributed by atoms with Gasteiger partial charge in [0, 0.05) is 24.8 Å². The molecule has 0 bridgehead atoms. The molecule has 0 spiro atoms. The zero-order valence-electron chi connectivity index (χ0n) is 16.5. The monoisotopic (exact) mass is 397 g/mol. The van der Waals surface area contributed by atoms with Crippen LogP contribution < -0.4 is 0 Å². The lowest BCUT2D eigenvalue weighted by Crippen LogP contribution is -2.38. The molecule has 1 saturated heterocycles. The Kier molecular flexibility index (Phi) is 6.39. The Bertz CT molecular complexity index is 909. The summed E-state index contributed by atoms with van der Waals surface area (Å²) in [6, 6.07) is 9.59. The Morgan fingerprint density at radius 3 is 2.41 bits per heavy atom. The van der Waals surface area contributed by atoms with Crippen molar-refractivity contribution >= 4 is 17.4 Å². The van der Waals surface area contributed by atoms with Gasteiger partial charge in [0.1, 0.15) is 17.6 Å². The fourth-order valence-electron chi connectivity index (χ4n) is 3.51. The van der Waals surface area contributed by atoms with Crippen LogP contribution in [-0.2, 0) is 9.59 Å². The summed E-state index contributed by atoms with van der Waals surface area (Å²) in [4.78, 5) is 33.6. The van der Waals surface area contributed by atoms with Gasteiger partial charge in [0.05, 0.1) is 11.3 Å². The van der Waals surface area contributed by atoms with Gasteiger partial charge >= 0.3 is 0 Å². The van der Waals surface area contributed by atoms with Crippen LogP contribution in [0.5, 0.6) is 0 Å². The van der Waals surface area contributed by atoms with Crippen LogP contribution in [-0.4, -0.2) is 57.8 Å². The molecule has 0 unspecified atom stereocenters. The Labute approximate surface area is 169 Å².